The average molecular weight is 304 g/mol. The Hall–Kier alpha value is -0.680. The molecular formula is C13H22ClN3OS. The van der Waals surface area contributed by atoms with Crippen molar-refractivity contribution in [1.29, 1.82) is 0 Å². The maximum Gasteiger partial charge on any atom is 0.264 e. The van der Waals surface area contributed by atoms with Crippen LogP contribution in [0.2, 0.25) is 0 Å². The van der Waals surface area contributed by atoms with Gasteiger partial charge in [-0.1, -0.05) is 31.7 Å². The van der Waals surface area contributed by atoms with Crippen LogP contribution in [0.25, 0.3) is 0 Å². The molecular weight excluding hydrogens is 282 g/mol. The van der Waals surface area contributed by atoms with Crippen LogP contribution in [0.15, 0.2) is 0 Å². The van der Waals surface area contributed by atoms with Gasteiger partial charge in [-0.25, -0.2) is 0 Å². The van der Waals surface area contributed by atoms with Crippen LogP contribution in [0.5, 0.6) is 0 Å². The van der Waals surface area contributed by atoms with Crippen LogP contribution in [-0.4, -0.2) is 27.9 Å². The molecule has 0 fully saturated rings. The summed E-state index contributed by atoms with van der Waals surface area (Å²) in [5, 5.41) is 6.99. The SMILES string of the molecule is CCCc1nnsc1C(=O)NCC(C)(C)CCCCl. The molecule has 0 aliphatic heterocycles. The van der Waals surface area contributed by atoms with E-state index in [0.717, 1.165) is 31.4 Å². The van der Waals surface area contributed by atoms with E-state index >= 15 is 0 Å². The Bertz CT molecular complexity index is 406. The minimum Gasteiger partial charge on any atom is -0.351 e. The number of aromatic nitrogens is 2. The summed E-state index contributed by atoms with van der Waals surface area (Å²) >= 11 is 6.88. The Morgan fingerprint density at radius 3 is 2.84 bits per heavy atom. The molecule has 108 valence electrons. The molecule has 1 amide bonds. The maximum absolute atomic E-state index is 12.1. The normalized spacial score (nSPS) is 11.6. The number of carbonyl (C=O) groups excluding carboxylic acids is 1. The highest BCUT2D eigenvalue weighted by molar-refractivity contribution is 7.08. The van der Waals surface area contributed by atoms with Gasteiger partial charge in [-0.15, -0.1) is 16.7 Å². The van der Waals surface area contributed by atoms with Crippen molar-refractivity contribution in [2.24, 2.45) is 5.41 Å². The number of rotatable bonds is 8. The van der Waals surface area contributed by atoms with Gasteiger partial charge in [0, 0.05) is 12.4 Å². The fourth-order valence-electron chi connectivity index (χ4n) is 1.82. The number of hydrogen-bond acceptors (Lipinski definition) is 4. The summed E-state index contributed by atoms with van der Waals surface area (Å²) < 4.78 is 3.87. The van der Waals surface area contributed by atoms with Crippen molar-refractivity contribution in [1.82, 2.24) is 14.9 Å². The van der Waals surface area contributed by atoms with Crippen molar-refractivity contribution < 1.29 is 4.79 Å². The lowest BCUT2D eigenvalue weighted by molar-refractivity contribution is 0.0937. The van der Waals surface area contributed by atoms with Crippen molar-refractivity contribution in [2.75, 3.05) is 12.4 Å². The lowest BCUT2D eigenvalue weighted by Gasteiger charge is -2.24. The van der Waals surface area contributed by atoms with E-state index in [2.05, 4.69) is 35.7 Å². The molecule has 0 spiro atoms. The highest BCUT2D eigenvalue weighted by atomic mass is 35.5. The summed E-state index contributed by atoms with van der Waals surface area (Å²) in [6, 6.07) is 0. The van der Waals surface area contributed by atoms with E-state index in [1.807, 2.05) is 0 Å². The molecule has 6 heteroatoms. The first-order valence-corrected chi connectivity index (χ1v) is 7.96. The Labute approximate surface area is 124 Å². The van der Waals surface area contributed by atoms with Gasteiger partial charge in [0.15, 0.2) is 0 Å². The smallest absolute Gasteiger partial charge is 0.264 e. The zero-order valence-electron chi connectivity index (χ0n) is 11.8. The topological polar surface area (TPSA) is 54.9 Å². The van der Waals surface area contributed by atoms with Gasteiger partial charge in [0.05, 0.1) is 5.69 Å². The van der Waals surface area contributed by atoms with E-state index in [-0.39, 0.29) is 11.3 Å². The first-order valence-electron chi connectivity index (χ1n) is 6.65. The second kappa shape index (κ2) is 7.80. The fourth-order valence-corrected chi connectivity index (χ4v) is 2.57. The molecule has 1 aromatic rings. The van der Waals surface area contributed by atoms with Crippen molar-refractivity contribution in [3.63, 3.8) is 0 Å². The minimum absolute atomic E-state index is 0.0580. The highest BCUT2D eigenvalue weighted by Gasteiger charge is 2.21. The Balaban J connectivity index is 2.52. The summed E-state index contributed by atoms with van der Waals surface area (Å²) in [6.07, 6.45) is 3.73. The van der Waals surface area contributed by atoms with Crippen LogP contribution in [0.1, 0.15) is 55.4 Å². The molecule has 0 unspecified atom stereocenters. The molecule has 0 atom stereocenters. The summed E-state index contributed by atoms with van der Waals surface area (Å²) in [7, 11) is 0. The van der Waals surface area contributed by atoms with Crippen LogP contribution in [0.4, 0.5) is 0 Å². The van der Waals surface area contributed by atoms with Crippen molar-refractivity contribution in [3.05, 3.63) is 10.6 Å². The molecule has 1 aromatic heterocycles. The van der Waals surface area contributed by atoms with Gasteiger partial charge >= 0.3 is 0 Å². The van der Waals surface area contributed by atoms with Gasteiger partial charge in [-0.05, 0) is 36.2 Å². The fraction of sp³-hybridized carbons (Fsp3) is 0.769. The molecule has 0 saturated carbocycles. The van der Waals surface area contributed by atoms with Gasteiger partial charge in [-0.3, -0.25) is 4.79 Å². The highest BCUT2D eigenvalue weighted by Crippen LogP contribution is 2.22. The van der Waals surface area contributed by atoms with Crippen LogP contribution in [0.3, 0.4) is 0 Å². The van der Waals surface area contributed by atoms with Gasteiger partial charge in [0.25, 0.3) is 5.91 Å². The monoisotopic (exact) mass is 303 g/mol. The zero-order valence-corrected chi connectivity index (χ0v) is 13.4. The summed E-state index contributed by atoms with van der Waals surface area (Å²) in [5.41, 5.74) is 0.872. The van der Waals surface area contributed by atoms with E-state index in [1.54, 1.807) is 0 Å². The van der Waals surface area contributed by atoms with Crippen molar-refractivity contribution in [2.45, 2.75) is 46.5 Å². The molecule has 1 heterocycles. The molecule has 1 rings (SSSR count). The van der Waals surface area contributed by atoms with E-state index in [4.69, 9.17) is 11.6 Å². The third-order valence-corrected chi connectivity index (χ3v) is 4.00. The third kappa shape index (κ3) is 5.45. The van der Waals surface area contributed by atoms with Crippen LogP contribution in [0, 0.1) is 5.41 Å². The lowest BCUT2D eigenvalue weighted by atomic mass is 9.88. The Morgan fingerprint density at radius 1 is 1.47 bits per heavy atom. The van der Waals surface area contributed by atoms with E-state index in [0.29, 0.717) is 17.3 Å². The number of alkyl halides is 1. The zero-order chi connectivity index (χ0) is 14.3. The second-order valence-electron chi connectivity index (χ2n) is 5.44. The molecule has 0 radical (unpaired) electrons. The first-order chi connectivity index (χ1) is 9.00. The predicted molar refractivity (Wildman–Crippen MR) is 80.0 cm³/mol. The lowest BCUT2D eigenvalue weighted by Crippen LogP contribution is -2.34. The molecule has 1 N–H and O–H groups in total. The molecule has 19 heavy (non-hydrogen) atoms. The number of nitrogens with one attached hydrogen (secondary N) is 1. The number of aryl methyl sites for hydroxylation is 1. The van der Waals surface area contributed by atoms with Gasteiger partial charge < -0.3 is 5.32 Å². The summed E-state index contributed by atoms with van der Waals surface area (Å²) in [4.78, 5) is 12.8. The quantitative estimate of drug-likeness (QED) is 0.750. The number of carbonyl (C=O) groups is 1. The number of hydrogen-bond donors (Lipinski definition) is 1. The van der Waals surface area contributed by atoms with E-state index in [1.165, 1.54) is 11.5 Å². The third-order valence-electron chi connectivity index (χ3n) is 2.96. The van der Waals surface area contributed by atoms with E-state index < -0.39 is 0 Å². The molecule has 0 aliphatic rings. The maximum atomic E-state index is 12.1. The predicted octanol–water partition coefficient (Wildman–Crippen LogP) is 3.27. The largest absolute Gasteiger partial charge is 0.351 e. The molecule has 0 aromatic carbocycles. The molecule has 0 saturated heterocycles. The molecule has 4 nitrogen and oxygen atoms in total. The van der Waals surface area contributed by atoms with E-state index in [9.17, 15) is 4.79 Å². The first kappa shape index (κ1) is 16.4. The van der Waals surface area contributed by atoms with Crippen molar-refractivity contribution in [3.8, 4) is 0 Å². The Kier molecular flexibility index (Phi) is 6.72. The van der Waals surface area contributed by atoms with Crippen LogP contribution in [-0.2, 0) is 6.42 Å². The van der Waals surface area contributed by atoms with Gasteiger partial charge in [0.1, 0.15) is 4.88 Å². The minimum atomic E-state index is -0.0580. The van der Waals surface area contributed by atoms with Crippen molar-refractivity contribution >= 4 is 29.0 Å². The standard InChI is InChI=1S/C13H22ClN3OS/c1-4-6-10-11(19-17-16-10)12(18)15-9-13(2,3)7-5-8-14/h4-9H2,1-3H3,(H,15,18). The van der Waals surface area contributed by atoms with Crippen LogP contribution < -0.4 is 5.32 Å². The summed E-state index contributed by atoms with van der Waals surface area (Å²) in [5.74, 6) is 0.606. The van der Waals surface area contributed by atoms with Gasteiger partial charge in [-0.2, -0.15) is 0 Å². The number of halogens is 1. The second-order valence-corrected chi connectivity index (χ2v) is 6.57. The Morgan fingerprint density at radius 2 is 2.21 bits per heavy atom. The summed E-state index contributed by atoms with van der Waals surface area (Å²) in [6.45, 7) is 6.98. The average Bonchev–Trinajstić information content (AvgIpc) is 2.82. The number of amides is 1. The molecule has 0 bridgehead atoms. The molecule has 0 aliphatic carbocycles. The van der Waals surface area contributed by atoms with Crippen LogP contribution >= 0.6 is 23.1 Å². The van der Waals surface area contributed by atoms with Gasteiger partial charge in [0.2, 0.25) is 0 Å². The number of nitrogens with zero attached hydrogens (tertiary/aromatic N) is 2.